The number of hydrogen-bond donors (Lipinski definition) is 2. The molecule has 0 amide bonds. The minimum atomic E-state index is 0.0387. The van der Waals surface area contributed by atoms with Crippen LogP contribution in [-0.4, -0.2) is 9.59 Å². The molecule has 0 aliphatic heterocycles. The van der Waals surface area contributed by atoms with Crippen LogP contribution in [0.4, 0.5) is 0 Å². The van der Waals surface area contributed by atoms with Crippen molar-refractivity contribution < 1.29 is 0 Å². The Labute approximate surface area is 107 Å². The zero-order valence-electron chi connectivity index (χ0n) is 10.9. The zero-order valence-corrected chi connectivity index (χ0v) is 11.7. The number of hydrogen-bond acceptors (Lipinski definition) is 5. The van der Waals surface area contributed by atoms with Crippen molar-refractivity contribution in [1.29, 1.82) is 0 Å². The molecule has 3 N–H and O–H groups in total. The van der Waals surface area contributed by atoms with Gasteiger partial charge in [0.2, 0.25) is 0 Å². The second-order valence-electron chi connectivity index (χ2n) is 5.99. The lowest BCUT2D eigenvalue weighted by atomic mass is 9.79. The molecule has 1 unspecified atom stereocenters. The van der Waals surface area contributed by atoms with Gasteiger partial charge in [0.1, 0.15) is 0 Å². The molecule has 2 rings (SSSR count). The van der Waals surface area contributed by atoms with E-state index in [1.807, 2.05) is 0 Å². The second kappa shape index (κ2) is 5.00. The van der Waals surface area contributed by atoms with Crippen molar-refractivity contribution in [3.8, 4) is 0 Å². The monoisotopic (exact) mass is 254 g/mol. The van der Waals surface area contributed by atoms with Gasteiger partial charge in [-0.25, -0.2) is 0 Å². The number of aromatic nitrogens is 2. The number of nitrogens with two attached hydrogens (primary N) is 1. The summed E-state index contributed by atoms with van der Waals surface area (Å²) < 4.78 is 4.10. The molecule has 1 aliphatic rings. The summed E-state index contributed by atoms with van der Waals surface area (Å²) in [7, 11) is 0. The fourth-order valence-corrected chi connectivity index (χ4v) is 3.19. The van der Waals surface area contributed by atoms with Crippen molar-refractivity contribution in [1.82, 2.24) is 15.0 Å². The smallest absolute Gasteiger partial charge is 0.0857 e. The maximum atomic E-state index is 5.70. The fraction of sp³-hybridized carbons (Fsp3) is 0.833. The molecule has 1 aromatic heterocycles. The van der Waals surface area contributed by atoms with Crippen molar-refractivity contribution in [2.24, 2.45) is 11.8 Å². The van der Waals surface area contributed by atoms with E-state index >= 15 is 0 Å². The molecule has 0 spiro atoms. The normalized spacial score (nSPS) is 19.1. The minimum absolute atomic E-state index is 0.0387. The van der Waals surface area contributed by atoms with Gasteiger partial charge in [0.05, 0.1) is 16.6 Å². The van der Waals surface area contributed by atoms with Gasteiger partial charge in [-0.1, -0.05) is 44.5 Å². The topological polar surface area (TPSA) is 63.8 Å². The molecule has 1 heterocycles. The summed E-state index contributed by atoms with van der Waals surface area (Å²) in [4.78, 5) is 1.21. The van der Waals surface area contributed by atoms with Crippen LogP contribution in [0.1, 0.15) is 63.1 Å². The van der Waals surface area contributed by atoms with Crippen molar-refractivity contribution in [3.63, 3.8) is 0 Å². The second-order valence-corrected chi connectivity index (χ2v) is 6.77. The predicted molar refractivity (Wildman–Crippen MR) is 70.6 cm³/mol. The van der Waals surface area contributed by atoms with E-state index in [0.717, 1.165) is 18.0 Å². The number of rotatable bonds is 4. The first kappa shape index (κ1) is 12.9. The molecular formula is C12H22N4S. The zero-order chi connectivity index (χ0) is 12.5. The van der Waals surface area contributed by atoms with Crippen molar-refractivity contribution in [2.45, 2.75) is 57.9 Å². The molecule has 0 bridgehead atoms. The fourth-order valence-electron chi connectivity index (χ4n) is 2.26. The van der Waals surface area contributed by atoms with Gasteiger partial charge in [-0.05, 0) is 23.9 Å². The van der Waals surface area contributed by atoms with Gasteiger partial charge in [-0.3, -0.25) is 11.3 Å². The van der Waals surface area contributed by atoms with Crippen LogP contribution < -0.4 is 11.3 Å². The van der Waals surface area contributed by atoms with Crippen molar-refractivity contribution in [3.05, 3.63) is 10.6 Å². The van der Waals surface area contributed by atoms with Crippen molar-refractivity contribution in [2.75, 3.05) is 0 Å². The van der Waals surface area contributed by atoms with Crippen LogP contribution in [-0.2, 0) is 5.41 Å². The van der Waals surface area contributed by atoms with E-state index < -0.39 is 0 Å². The van der Waals surface area contributed by atoms with Crippen LogP contribution in [0.3, 0.4) is 0 Å². The Bertz CT molecular complexity index is 365. The third kappa shape index (κ3) is 2.84. The highest BCUT2D eigenvalue weighted by Gasteiger charge is 2.29. The van der Waals surface area contributed by atoms with Gasteiger partial charge in [0, 0.05) is 5.41 Å². The molecule has 0 aromatic carbocycles. The largest absolute Gasteiger partial charge is 0.271 e. The van der Waals surface area contributed by atoms with Crippen LogP contribution in [0.25, 0.3) is 0 Å². The third-order valence-corrected chi connectivity index (χ3v) is 4.37. The maximum absolute atomic E-state index is 5.70. The molecule has 1 atom stereocenters. The average molecular weight is 254 g/mol. The molecule has 1 saturated carbocycles. The Morgan fingerprint density at radius 3 is 2.65 bits per heavy atom. The van der Waals surface area contributed by atoms with Gasteiger partial charge in [-0.2, -0.15) is 0 Å². The summed E-state index contributed by atoms with van der Waals surface area (Å²) in [6, 6.07) is 0.217. The average Bonchev–Trinajstić information content (AvgIpc) is 2.64. The Morgan fingerprint density at radius 1 is 1.47 bits per heavy atom. The van der Waals surface area contributed by atoms with Crippen molar-refractivity contribution >= 4 is 11.5 Å². The Kier molecular flexibility index (Phi) is 3.80. The molecule has 1 aromatic rings. The summed E-state index contributed by atoms with van der Waals surface area (Å²) in [6.45, 7) is 6.51. The Balaban J connectivity index is 2.15. The van der Waals surface area contributed by atoms with E-state index in [-0.39, 0.29) is 11.5 Å². The highest BCUT2D eigenvalue weighted by molar-refractivity contribution is 7.05. The maximum Gasteiger partial charge on any atom is 0.0857 e. The van der Waals surface area contributed by atoms with E-state index in [4.69, 9.17) is 5.84 Å². The van der Waals surface area contributed by atoms with E-state index in [0.29, 0.717) is 0 Å². The first-order valence-electron chi connectivity index (χ1n) is 6.31. The Hall–Kier alpha value is -0.520. The van der Waals surface area contributed by atoms with E-state index in [9.17, 15) is 0 Å². The number of hydrazine groups is 1. The lowest BCUT2D eigenvalue weighted by molar-refractivity contribution is 0.262. The molecule has 1 fully saturated rings. The quantitative estimate of drug-likeness (QED) is 0.640. The highest BCUT2D eigenvalue weighted by atomic mass is 32.1. The highest BCUT2D eigenvalue weighted by Crippen LogP contribution is 2.38. The number of nitrogens with zero attached hydrogens (tertiary/aromatic N) is 2. The molecule has 0 saturated heterocycles. The first-order chi connectivity index (χ1) is 8.02. The van der Waals surface area contributed by atoms with Crippen LogP contribution in [0.2, 0.25) is 0 Å². The number of nitrogens with one attached hydrogen (secondary N) is 1. The predicted octanol–water partition coefficient (Wildman–Crippen LogP) is 2.53. The standard InChI is InChI=1S/C12H22N4S/c1-12(2,3)11-10(17-16-15-11)9(14-13)7-8-5-4-6-8/h8-9,14H,4-7,13H2,1-3H3. The van der Waals surface area contributed by atoms with Gasteiger partial charge < -0.3 is 0 Å². The summed E-state index contributed by atoms with van der Waals surface area (Å²) in [5.74, 6) is 6.53. The molecule has 96 valence electrons. The Morgan fingerprint density at radius 2 is 2.18 bits per heavy atom. The SMILES string of the molecule is CC(C)(C)c1nnsc1C(CC1CCC1)NN. The van der Waals surface area contributed by atoms with Crippen LogP contribution in [0.15, 0.2) is 0 Å². The molecule has 17 heavy (non-hydrogen) atoms. The molecule has 1 aliphatic carbocycles. The van der Waals surface area contributed by atoms with Crippen LogP contribution >= 0.6 is 11.5 Å². The summed E-state index contributed by atoms with van der Waals surface area (Å²) in [6.07, 6.45) is 5.17. The van der Waals surface area contributed by atoms with E-state index in [1.54, 1.807) is 0 Å². The molecule has 0 radical (unpaired) electrons. The third-order valence-electron chi connectivity index (χ3n) is 3.54. The van der Waals surface area contributed by atoms with E-state index in [2.05, 4.69) is 35.8 Å². The summed E-state index contributed by atoms with van der Waals surface area (Å²) in [5.41, 5.74) is 4.07. The van der Waals surface area contributed by atoms with E-state index in [1.165, 1.54) is 35.7 Å². The van der Waals surface area contributed by atoms with Gasteiger partial charge in [-0.15, -0.1) is 5.10 Å². The summed E-state index contributed by atoms with van der Waals surface area (Å²) >= 11 is 1.48. The van der Waals surface area contributed by atoms with Gasteiger partial charge >= 0.3 is 0 Å². The minimum Gasteiger partial charge on any atom is -0.271 e. The van der Waals surface area contributed by atoms with Gasteiger partial charge in [0.25, 0.3) is 0 Å². The first-order valence-corrected chi connectivity index (χ1v) is 7.08. The lowest BCUT2D eigenvalue weighted by Gasteiger charge is -2.30. The van der Waals surface area contributed by atoms with Crippen LogP contribution in [0, 0.1) is 5.92 Å². The van der Waals surface area contributed by atoms with Gasteiger partial charge in [0.15, 0.2) is 0 Å². The summed E-state index contributed by atoms with van der Waals surface area (Å²) in [5, 5.41) is 4.28. The molecular weight excluding hydrogens is 232 g/mol. The lowest BCUT2D eigenvalue weighted by Crippen LogP contribution is -2.32. The van der Waals surface area contributed by atoms with Crippen LogP contribution in [0.5, 0.6) is 0 Å². The molecule has 4 nitrogen and oxygen atoms in total. The molecule has 5 heteroatoms.